The number of piperidine rings is 1. The Hall–Kier alpha value is -1.58. The van der Waals surface area contributed by atoms with E-state index in [0.717, 1.165) is 6.42 Å². The van der Waals surface area contributed by atoms with E-state index in [0.29, 0.717) is 25.5 Å². The first-order chi connectivity index (χ1) is 10.8. The number of nitrogens with zero attached hydrogens (tertiary/aromatic N) is 4. The van der Waals surface area contributed by atoms with E-state index in [2.05, 4.69) is 20.6 Å². The maximum atomic E-state index is 11.9. The number of ether oxygens (including phenoxy) is 1. The van der Waals surface area contributed by atoms with Gasteiger partial charge < -0.3 is 14.9 Å². The molecule has 1 aromatic heterocycles. The SMILES string of the molecule is CCOC(=O)C1CN(CCC(C)(C)c2nn[nH]n2)CC(O)C1O. The van der Waals surface area contributed by atoms with Gasteiger partial charge in [-0.1, -0.05) is 19.1 Å². The number of H-pyrrole nitrogens is 1. The molecule has 1 aromatic rings. The van der Waals surface area contributed by atoms with Crippen molar-refractivity contribution < 1.29 is 19.7 Å². The van der Waals surface area contributed by atoms with E-state index in [9.17, 15) is 15.0 Å². The predicted molar refractivity (Wildman–Crippen MR) is 80.4 cm³/mol. The predicted octanol–water partition coefficient (Wildman–Crippen LogP) is -0.916. The van der Waals surface area contributed by atoms with Crippen LogP contribution in [0.1, 0.15) is 33.0 Å². The highest BCUT2D eigenvalue weighted by atomic mass is 16.5. The number of likely N-dealkylation sites (tertiary alicyclic amines) is 1. The van der Waals surface area contributed by atoms with Crippen LogP contribution in [-0.2, 0) is 14.9 Å². The summed E-state index contributed by atoms with van der Waals surface area (Å²) in [7, 11) is 0. The van der Waals surface area contributed by atoms with Gasteiger partial charge in [0, 0.05) is 18.5 Å². The molecule has 9 heteroatoms. The normalized spacial score (nSPS) is 26.2. The molecule has 0 radical (unpaired) electrons. The number of hydrogen-bond donors (Lipinski definition) is 3. The minimum Gasteiger partial charge on any atom is -0.466 e. The average molecular weight is 327 g/mol. The first kappa shape index (κ1) is 17.8. The lowest BCUT2D eigenvalue weighted by atomic mass is 9.87. The van der Waals surface area contributed by atoms with Gasteiger partial charge in [-0.3, -0.25) is 9.69 Å². The standard InChI is InChI=1S/C14H25N5O4/c1-4-23-12(22)9-7-19(8-10(20)11(9)21)6-5-14(2,3)13-15-17-18-16-13/h9-11,20-21H,4-8H2,1-3H3,(H,15,16,17,18). The summed E-state index contributed by atoms with van der Waals surface area (Å²) in [5.74, 6) is -0.579. The van der Waals surface area contributed by atoms with Gasteiger partial charge in [-0.2, -0.15) is 5.21 Å². The van der Waals surface area contributed by atoms with E-state index in [1.54, 1.807) is 6.92 Å². The number of aliphatic hydroxyl groups is 2. The zero-order valence-electron chi connectivity index (χ0n) is 13.8. The van der Waals surface area contributed by atoms with Gasteiger partial charge in [-0.15, -0.1) is 10.2 Å². The summed E-state index contributed by atoms with van der Waals surface area (Å²) in [6.07, 6.45) is -1.33. The molecule has 0 amide bonds. The molecule has 1 aliphatic heterocycles. The van der Waals surface area contributed by atoms with Gasteiger partial charge >= 0.3 is 5.97 Å². The van der Waals surface area contributed by atoms with Crippen molar-refractivity contribution in [2.45, 2.75) is 44.8 Å². The molecule has 0 bridgehead atoms. The fourth-order valence-electron chi connectivity index (χ4n) is 2.75. The van der Waals surface area contributed by atoms with Crippen molar-refractivity contribution in [1.82, 2.24) is 25.5 Å². The Morgan fingerprint density at radius 1 is 1.43 bits per heavy atom. The fourth-order valence-corrected chi connectivity index (χ4v) is 2.75. The lowest BCUT2D eigenvalue weighted by Crippen LogP contribution is -2.55. The summed E-state index contributed by atoms with van der Waals surface area (Å²) in [4.78, 5) is 13.9. The Morgan fingerprint density at radius 2 is 2.17 bits per heavy atom. The summed E-state index contributed by atoms with van der Waals surface area (Å²) in [6, 6.07) is 0. The zero-order valence-corrected chi connectivity index (χ0v) is 13.8. The van der Waals surface area contributed by atoms with E-state index in [4.69, 9.17) is 4.74 Å². The first-order valence-electron chi connectivity index (χ1n) is 7.84. The van der Waals surface area contributed by atoms with Crippen LogP contribution in [0, 0.1) is 5.92 Å². The van der Waals surface area contributed by atoms with Crippen LogP contribution >= 0.6 is 0 Å². The number of aromatic nitrogens is 4. The summed E-state index contributed by atoms with van der Waals surface area (Å²) >= 11 is 0. The van der Waals surface area contributed by atoms with Crippen molar-refractivity contribution in [3.63, 3.8) is 0 Å². The van der Waals surface area contributed by atoms with Crippen LogP contribution in [0.2, 0.25) is 0 Å². The molecule has 2 rings (SSSR count). The number of hydrogen-bond acceptors (Lipinski definition) is 8. The second-order valence-electron chi connectivity index (χ2n) is 6.55. The molecule has 130 valence electrons. The topological polar surface area (TPSA) is 124 Å². The molecule has 3 N–H and O–H groups in total. The minimum atomic E-state index is -1.09. The number of carbonyl (C=O) groups excluding carboxylic acids is 1. The molecule has 3 atom stereocenters. The third-order valence-electron chi connectivity index (χ3n) is 4.30. The third kappa shape index (κ3) is 4.24. The van der Waals surface area contributed by atoms with E-state index in [1.807, 2.05) is 18.7 Å². The van der Waals surface area contributed by atoms with Gasteiger partial charge in [0.1, 0.15) is 0 Å². The third-order valence-corrected chi connectivity index (χ3v) is 4.30. The Balaban J connectivity index is 1.96. The van der Waals surface area contributed by atoms with E-state index < -0.39 is 24.1 Å². The number of aliphatic hydroxyl groups excluding tert-OH is 2. The van der Waals surface area contributed by atoms with E-state index in [1.165, 1.54) is 0 Å². The van der Waals surface area contributed by atoms with Crippen molar-refractivity contribution in [3.8, 4) is 0 Å². The second-order valence-corrected chi connectivity index (χ2v) is 6.55. The smallest absolute Gasteiger partial charge is 0.312 e. The molecule has 3 unspecified atom stereocenters. The number of carbonyl (C=O) groups is 1. The molecular formula is C14H25N5O4. The van der Waals surface area contributed by atoms with Gasteiger partial charge in [0.05, 0.1) is 24.7 Å². The Bertz CT molecular complexity index is 507. The number of β-amino-alcohol motifs (C(OH)–C–C–N with tert-alkyl or cyclic N) is 1. The first-order valence-corrected chi connectivity index (χ1v) is 7.84. The maximum Gasteiger partial charge on any atom is 0.312 e. The molecule has 0 aliphatic carbocycles. The van der Waals surface area contributed by atoms with Gasteiger partial charge in [-0.05, 0) is 19.9 Å². The highest BCUT2D eigenvalue weighted by Crippen LogP contribution is 2.25. The van der Waals surface area contributed by atoms with Crippen LogP contribution in [0.5, 0.6) is 0 Å². The van der Waals surface area contributed by atoms with Crippen molar-refractivity contribution in [2.24, 2.45) is 5.92 Å². The van der Waals surface area contributed by atoms with Crippen LogP contribution in [0.25, 0.3) is 0 Å². The lowest BCUT2D eigenvalue weighted by Gasteiger charge is -2.39. The Kier molecular flexibility index (Phi) is 5.66. The molecule has 1 fully saturated rings. The van der Waals surface area contributed by atoms with Crippen LogP contribution in [0.15, 0.2) is 0 Å². The summed E-state index contributed by atoms with van der Waals surface area (Å²) < 4.78 is 4.98. The van der Waals surface area contributed by atoms with Crippen molar-refractivity contribution in [1.29, 1.82) is 0 Å². The largest absolute Gasteiger partial charge is 0.466 e. The van der Waals surface area contributed by atoms with Crippen LogP contribution in [0.4, 0.5) is 0 Å². The zero-order chi connectivity index (χ0) is 17.0. The minimum absolute atomic E-state index is 0.253. The fraction of sp³-hybridized carbons (Fsp3) is 0.857. The number of tetrazole rings is 1. The van der Waals surface area contributed by atoms with Crippen molar-refractivity contribution in [2.75, 3.05) is 26.2 Å². The molecule has 0 saturated carbocycles. The molecule has 23 heavy (non-hydrogen) atoms. The average Bonchev–Trinajstić information content (AvgIpc) is 3.03. The van der Waals surface area contributed by atoms with E-state index in [-0.39, 0.29) is 12.0 Å². The number of rotatable bonds is 6. The monoisotopic (exact) mass is 327 g/mol. The molecule has 2 heterocycles. The number of aromatic amines is 1. The van der Waals surface area contributed by atoms with Gasteiger partial charge in [0.25, 0.3) is 0 Å². The Morgan fingerprint density at radius 3 is 2.78 bits per heavy atom. The van der Waals surface area contributed by atoms with Gasteiger partial charge in [0.2, 0.25) is 0 Å². The number of esters is 1. The van der Waals surface area contributed by atoms with Crippen molar-refractivity contribution in [3.05, 3.63) is 5.82 Å². The number of nitrogens with one attached hydrogen (secondary N) is 1. The van der Waals surface area contributed by atoms with E-state index >= 15 is 0 Å². The molecule has 0 aromatic carbocycles. The maximum absolute atomic E-state index is 11.9. The molecule has 1 aliphatic rings. The van der Waals surface area contributed by atoms with Crippen LogP contribution in [0.3, 0.4) is 0 Å². The van der Waals surface area contributed by atoms with Gasteiger partial charge in [0.15, 0.2) is 5.82 Å². The van der Waals surface area contributed by atoms with Crippen LogP contribution in [-0.4, -0.2) is 80.2 Å². The highest BCUT2D eigenvalue weighted by Gasteiger charge is 2.40. The molecule has 0 spiro atoms. The molecule has 1 saturated heterocycles. The molecular weight excluding hydrogens is 302 g/mol. The van der Waals surface area contributed by atoms with Gasteiger partial charge in [-0.25, -0.2) is 0 Å². The quantitative estimate of drug-likeness (QED) is 0.573. The highest BCUT2D eigenvalue weighted by molar-refractivity contribution is 5.73. The van der Waals surface area contributed by atoms with Crippen LogP contribution < -0.4 is 0 Å². The molecule has 9 nitrogen and oxygen atoms in total. The Labute approximate surface area is 135 Å². The second kappa shape index (κ2) is 7.33. The lowest BCUT2D eigenvalue weighted by molar-refractivity contribution is -0.162. The summed E-state index contributed by atoms with van der Waals surface area (Å²) in [6.45, 7) is 7.31. The van der Waals surface area contributed by atoms with Crippen molar-refractivity contribution >= 4 is 5.97 Å². The summed E-state index contributed by atoms with van der Waals surface area (Å²) in [5.41, 5.74) is -0.284. The summed E-state index contributed by atoms with van der Waals surface area (Å²) in [5, 5.41) is 34.1.